The van der Waals surface area contributed by atoms with Gasteiger partial charge in [0, 0.05) is 5.69 Å². The third kappa shape index (κ3) is 5.24. The van der Waals surface area contributed by atoms with Gasteiger partial charge in [0.2, 0.25) is 0 Å². The van der Waals surface area contributed by atoms with Crippen molar-refractivity contribution in [3.8, 4) is 11.5 Å². The summed E-state index contributed by atoms with van der Waals surface area (Å²) < 4.78 is 10.4. The Balaban J connectivity index is 1.96. The van der Waals surface area contributed by atoms with Crippen LogP contribution in [0.15, 0.2) is 53.6 Å². The molecule has 0 aliphatic carbocycles. The van der Waals surface area contributed by atoms with Crippen molar-refractivity contribution in [3.63, 3.8) is 0 Å². The van der Waals surface area contributed by atoms with Gasteiger partial charge in [-0.3, -0.25) is 4.79 Å². The molecular formula is C19H23N3O3. The van der Waals surface area contributed by atoms with Gasteiger partial charge < -0.3 is 14.8 Å². The Morgan fingerprint density at radius 3 is 2.48 bits per heavy atom. The molecule has 25 heavy (non-hydrogen) atoms. The first kappa shape index (κ1) is 18.3. The fourth-order valence-corrected chi connectivity index (χ4v) is 2.27. The SMILES string of the molecule is CCC(Nc1ccccc1)C(=O)NN=Cc1ccc(OC)c(OC)c1. The van der Waals surface area contributed by atoms with Crippen molar-refractivity contribution in [2.45, 2.75) is 19.4 Å². The zero-order valence-electron chi connectivity index (χ0n) is 14.7. The maximum Gasteiger partial charge on any atom is 0.262 e. The number of carbonyl (C=O) groups excluding carboxylic acids is 1. The van der Waals surface area contributed by atoms with E-state index < -0.39 is 0 Å². The molecule has 1 unspecified atom stereocenters. The van der Waals surface area contributed by atoms with Crippen LogP contribution in [0.3, 0.4) is 0 Å². The number of nitrogens with zero attached hydrogens (tertiary/aromatic N) is 1. The lowest BCUT2D eigenvalue weighted by Gasteiger charge is -2.16. The fraction of sp³-hybridized carbons (Fsp3) is 0.263. The van der Waals surface area contributed by atoms with E-state index in [0.717, 1.165) is 11.3 Å². The Bertz CT molecular complexity index is 717. The van der Waals surface area contributed by atoms with Gasteiger partial charge in [0.1, 0.15) is 6.04 Å². The van der Waals surface area contributed by atoms with E-state index in [9.17, 15) is 4.79 Å². The number of nitrogens with one attached hydrogen (secondary N) is 2. The summed E-state index contributed by atoms with van der Waals surface area (Å²) in [7, 11) is 3.15. The Morgan fingerprint density at radius 1 is 1.12 bits per heavy atom. The molecule has 6 nitrogen and oxygen atoms in total. The van der Waals surface area contributed by atoms with Crippen LogP contribution in [0.4, 0.5) is 5.69 Å². The molecule has 1 amide bonds. The highest BCUT2D eigenvalue weighted by atomic mass is 16.5. The first-order valence-corrected chi connectivity index (χ1v) is 8.04. The summed E-state index contributed by atoms with van der Waals surface area (Å²) in [6, 6.07) is 14.7. The van der Waals surface area contributed by atoms with Crippen LogP contribution in [0.2, 0.25) is 0 Å². The maximum atomic E-state index is 12.3. The summed E-state index contributed by atoms with van der Waals surface area (Å²) in [5.74, 6) is 1.06. The smallest absolute Gasteiger partial charge is 0.262 e. The van der Waals surface area contributed by atoms with Gasteiger partial charge in [-0.25, -0.2) is 5.43 Å². The highest BCUT2D eigenvalue weighted by Gasteiger charge is 2.15. The average molecular weight is 341 g/mol. The number of anilines is 1. The summed E-state index contributed by atoms with van der Waals surface area (Å²) in [6.07, 6.45) is 2.21. The molecule has 0 saturated carbocycles. The predicted octanol–water partition coefficient (Wildman–Crippen LogP) is 3.04. The number of rotatable bonds is 8. The molecule has 0 saturated heterocycles. The second-order valence-electron chi connectivity index (χ2n) is 5.32. The molecule has 2 aromatic carbocycles. The first-order valence-electron chi connectivity index (χ1n) is 8.04. The first-order chi connectivity index (χ1) is 12.2. The van der Waals surface area contributed by atoms with E-state index in [-0.39, 0.29) is 11.9 Å². The number of para-hydroxylation sites is 1. The standard InChI is InChI=1S/C19H23N3O3/c1-4-16(21-15-8-6-5-7-9-15)19(23)22-20-13-14-10-11-17(24-2)18(12-14)25-3/h5-13,16,21H,4H2,1-3H3,(H,22,23). The molecule has 2 aromatic rings. The molecule has 0 aliphatic heterocycles. The second kappa shape index (κ2) is 9.32. The number of hydrazone groups is 1. The zero-order valence-corrected chi connectivity index (χ0v) is 14.7. The van der Waals surface area contributed by atoms with Crippen molar-refractivity contribution >= 4 is 17.8 Å². The molecule has 1 atom stereocenters. The zero-order chi connectivity index (χ0) is 18.1. The van der Waals surface area contributed by atoms with Crippen LogP contribution in [0.25, 0.3) is 0 Å². The van der Waals surface area contributed by atoms with E-state index in [0.29, 0.717) is 17.9 Å². The molecule has 0 radical (unpaired) electrons. The van der Waals surface area contributed by atoms with Crippen LogP contribution in [0, 0.1) is 0 Å². The van der Waals surface area contributed by atoms with Crippen molar-refractivity contribution in [1.29, 1.82) is 0 Å². The summed E-state index contributed by atoms with van der Waals surface area (Å²) >= 11 is 0. The van der Waals surface area contributed by atoms with Crippen LogP contribution >= 0.6 is 0 Å². The lowest BCUT2D eigenvalue weighted by molar-refractivity contribution is -0.121. The van der Waals surface area contributed by atoms with Gasteiger partial charge in [-0.2, -0.15) is 5.10 Å². The molecule has 132 valence electrons. The average Bonchev–Trinajstić information content (AvgIpc) is 2.66. The van der Waals surface area contributed by atoms with Crippen molar-refractivity contribution in [1.82, 2.24) is 5.43 Å². The summed E-state index contributed by atoms with van der Waals surface area (Å²) in [5, 5.41) is 7.21. The Labute approximate surface area is 147 Å². The quantitative estimate of drug-likeness (QED) is 0.572. The number of carbonyl (C=O) groups is 1. The van der Waals surface area contributed by atoms with Gasteiger partial charge in [0.15, 0.2) is 11.5 Å². The van der Waals surface area contributed by atoms with Gasteiger partial charge in [-0.05, 0) is 42.3 Å². The van der Waals surface area contributed by atoms with Crippen molar-refractivity contribution in [2.24, 2.45) is 5.10 Å². The van der Waals surface area contributed by atoms with Crippen molar-refractivity contribution < 1.29 is 14.3 Å². The van der Waals surface area contributed by atoms with E-state index in [1.54, 1.807) is 32.6 Å². The second-order valence-corrected chi connectivity index (χ2v) is 5.32. The lowest BCUT2D eigenvalue weighted by Crippen LogP contribution is -2.36. The minimum Gasteiger partial charge on any atom is -0.493 e. The van der Waals surface area contributed by atoms with Gasteiger partial charge in [0.25, 0.3) is 5.91 Å². The predicted molar refractivity (Wildman–Crippen MR) is 99.4 cm³/mol. The third-order valence-corrected chi connectivity index (χ3v) is 3.64. The number of hydrogen-bond donors (Lipinski definition) is 2. The van der Waals surface area contributed by atoms with Crippen LogP contribution in [-0.2, 0) is 4.79 Å². The minimum absolute atomic E-state index is 0.192. The Hall–Kier alpha value is -3.02. The van der Waals surface area contributed by atoms with E-state index in [4.69, 9.17) is 9.47 Å². The molecule has 6 heteroatoms. The molecule has 2 N–H and O–H groups in total. The van der Waals surface area contributed by atoms with Crippen LogP contribution < -0.4 is 20.2 Å². The number of benzene rings is 2. The fourth-order valence-electron chi connectivity index (χ4n) is 2.27. The molecule has 0 spiro atoms. The number of hydrogen-bond acceptors (Lipinski definition) is 5. The van der Waals surface area contributed by atoms with Crippen LogP contribution in [0.1, 0.15) is 18.9 Å². The van der Waals surface area contributed by atoms with Crippen molar-refractivity contribution in [3.05, 3.63) is 54.1 Å². The van der Waals surface area contributed by atoms with E-state index in [1.165, 1.54) is 0 Å². The van der Waals surface area contributed by atoms with Gasteiger partial charge in [-0.15, -0.1) is 0 Å². The molecule has 0 heterocycles. The number of ether oxygens (including phenoxy) is 2. The molecule has 0 bridgehead atoms. The highest BCUT2D eigenvalue weighted by molar-refractivity contribution is 5.87. The largest absolute Gasteiger partial charge is 0.493 e. The number of amides is 1. The maximum absolute atomic E-state index is 12.3. The number of methoxy groups -OCH3 is 2. The lowest BCUT2D eigenvalue weighted by atomic mass is 10.2. The van der Waals surface area contributed by atoms with E-state index in [2.05, 4.69) is 15.8 Å². The minimum atomic E-state index is -0.357. The molecular weight excluding hydrogens is 318 g/mol. The summed E-state index contributed by atoms with van der Waals surface area (Å²) in [6.45, 7) is 1.94. The van der Waals surface area contributed by atoms with Gasteiger partial charge in [-0.1, -0.05) is 25.1 Å². The van der Waals surface area contributed by atoms with Gasteiger partial charge in [0.05, 0.1) is 20.4 Å². The van der Waals surface area contributed by atoms with Gasteiger partial charge >= 0.3 is 0 Å². The van der Waals surface area contributed by atoms with Crippen LogP contribution in [0.5, 0.6) is 11.5 Å². The van der Waals surface area contributed by atoms with Crippen molar-refractivity contribution in [2.75, 3.05) is 19.5 Å². The Kier molecular flexibility index (Phi) is 6.83. The topological polar surface area (TPSA) is 72.0 Å². The molecule has 0 aliphatic rings. The Morgan fingerprint density at radius 2 is 1.84 bits per heavy atom. The van der Waals surface area contributed by atoms with E-state index >= 15 is 0 Å². The molecule has 0 aromatic heterocycles. The third-order valence-electron chi connectivity index (χ3n) is 3.64. The highest BCUT2D eigenvalue weighted by Crippen LogP contribution is 2.26. The summed E-state index contributed by atoms with van der Waals surface area (Å²) in [4.78, 5) is 12.3. The summed E-state index contributed by atoms with van der Waals surface area (Å²) in [5.41, 5.74) is 4.25. The van der Waals surface area contributed by atoms with E-state index in [1.807, 2.05) is 43.3 Å². The van der Waals surface area contributed by atoms with Crippen LogP contribution in [-0.4, -0.2) is 32.4 Å². The normalized spacial score (nSPS) is 11.8. The molecule has 0 fully saturated rings. The monoisotopic (exact) mass is 341 g/mol. The molecule has 2 rings (SSSR count).